The molecule has 0 unspecified atom stereocenters. The van der Waals surface area contributed by atoms with Gasteiger partial charge in [-0.05, 0) is 48.5 Å². The van der Waals surface area contributed by atoms with E-state index in [1.165, 1.54) is 0 Å². The van der Waals surface area contributed by atoms with Crippen molar-refractivity contribution >= 4 is 72.2 Å². The highest BCUT2D eigenvalue weighted by molar-refractivity contribution is 9.10. The van der Waals surface area contributed by atoms with Crippen LogP contribution in [0.5, 0.6) is 5.75 Å². The van der Waals surface area contributed by atoms with E-state index in [4.69, 9.17) is 26.3 Å². The zero-order valence-electron chi connectivity index (χ0n) is 16.4. The van der Waals surface area contributed by atoms with Crippen LogP contribution in [0.1, 0.15) is 0 Å². The molecule has 2 heterocycles. The van der Waals surface area contributed by atoms with Gasteiger partial charge < -0.3 is 14.6 Å². The first-order chi connectivity index (χ1) is 15.0. The van der Waals surface area contributed by atoms with Gasteiger partial charge in [0, 0.05) is 15.5 Å². The number of anilines is 1. The number of methoxy groups -OCH3 is 1. The number of benzene rings is 3. The number of carbonyl (C=O) groups excluding carboxylic acids is 1. The molecule has 1 N–H and O–H groups in total. The largest absolute Gasteiger partial charge is 0.495 e. The zero-order valence-corrected chi connectivity index (χ0v) is 18.7. The van der Waals surface area contributed by atoms with Crippen molar-refractivity contribution in [3.05, 3.63) is 70.2 Å². The lowest BCUT2D eigenvalue weighted by Gasteiger charge is -2.10. The molecule has 31 heavy (non-hydrogen) atoms. The van der Waals surface area contributed by atoms with Crippen LogP contribution in [-0.2, 0) is 11.3 Å². The minimum atomic E-state index is -0.196. The fourth-order valence-corrected chi connectivity index (χ4v) is 4.27. The first-order valence-corrected chi connectivity index (χ1v) is 10.7. The summed E-state index contributed by atoms with van der Waals surface area (Å²) in [5, 5.41) is 4.26. The van der Waals surface area contributed by atoms with E-state index in [1.807, 2.05) is 47.0 Å². The van der Waals surface area contributed by atoms with E-state index in [9.17, 15) is 4.79 Å². The Labute approximate surface area is 190 Å². The van der Waals surface area contributed by atoms with E-state index >= 15 is 0 Å². The molecule has 2 aromatic heterocycles. The van der Waals surface area contributed by atoms with Crippen LogP contribution in [0.2, 0.25) is 5.02 Å². The van der Waals surface area contributed by atoms with Crippen molar-refractivity contribution in [2.45, 2.75) is 6.54 Å². The van der Waals surface area contributed by atoms with Crippen molar-refractivity contribution in [1.29, 1.82) is 0 Å². The molecule has 0 aliphatic carbocycles. The van der Waals surface area contributed by atoms with Gasteiger partial charge in [-0.15, -0.1) is 0 Å². The number of hydrogen-bond donors (Lipinski definition) is 1. The smallest absolute Gasteiger partial charge is 0.244 e. The van der Waals surface area contributed by atoms with Gasteiger partial charge in [0.15, 0.2) is 5.65 Å². The lowest BCUT2D eigenvalue weighted by molar-refractivity contribution is -0.116. The van der Waals surface area contributed by atoms with Crippen molar-refractivity contribution in [3.63, 3.8) is 0 Å². The van der Waals surface area contributed by atoms with Gasteiger partial charge in [-0.1, -0.05) is 39.7 Å². The molecular weight excluding hydrogens is 480 g/mol. The van der Waals surface area contributed by atoms with Crippen LogP contribution in [-0.4, -0.2) is 27.6 Å². The minimum absolute atomic E-state index is 0.0816. The van der Waals surface area contributed by atoms with E-state index in [1.54, 1.807) is 25.3 Å². The summed E-state index contributed by atoms with van der Waals surface area (Å²) in [6.07, 6.45) is 0. The predicted octanol–water partition coefficient (Wildman–Crippen LogP) is 5.80. The molecule has 0 aliphatic rings. The number of amides is 1. The highest BCUT2D eigenvalue weighted by atomic mass is 79.9. The molecular formula is C23H16BrClN4O2. The topological polar surface area (TPSA) is 69.0 Å². The second-order valence-corrected chi connectivity index (χ2v) is 8.35. The first-order valence-electron chi connectivity index (χ1n) is 9.51. The maximum atomic E-state index is 12.9. The fourth-order valence-electron chi connectivity index (χ4n) is 3.66. The van der Waals surface area contributed by atoms with E-state index in [0.29, 0.717) is 22.1 Å². The molecule has 0 fully saturated rings. The van der Waals surface area contributed by atoms with Crippen molar-refractivity contribution in [2.24, 2.45) is 0 Å². The first kappa shape index (κ1) is 19.8. The Kier molecular flexibility index (Phi) is 5.00. The minimum Gasteiger partial charge on any atom is -0.495 e. The van der Waals surface area contributed by atoms with E-state index in [0.717, 1.165) is 31.9 Å². The summed E-state index contributed by atoms with van der Waals surface area (Å²) in [5.74, 6) is 0.354. The average Bonchev–Trinajstić information content (AvgIpc) is 3.04. The quantitative estimate of drug-likeness (QED) is 0.342. The number of hydrogen-bond acceptors (Lipinski definition) is 4. The van der Waals surface area contributed by atoms with Crippen LogP contribution in [0.15, 0.2) is 65.1 Å². The monoisotopic (exact) mass is 494 g/mol. The summed E-state index contributed by atoms with van der Waals surface area (Å²) in [6, 6.07) is 18.7. The molecule has 8 heteroatoms. The second-order valence-electron chi connectivity index (χ2n) is 7.03. The van der Waals surface area contributed by atoms with Gasteiger partial charge in [-0.2, -0.15) is 0 Å². The predicted molar refractivity (Wildman–Crippen MR) is 127 cm³/mol. The number of fused-ring (bicyclic) bond motifs is 4. The summed E-state index contributed by atoms with van der Waals surface area (Å²) >= 11 is 9.71. The number of nitrogens with one attached hydrogen (secondary N) is 1. The van der Waals surface area contributed by atoms with Crippen LogP contribution in [0.25, 0.3) is 33.1 Å². The van der Waals surface area contributed by atoms with Gasteiger partial charge >= 0.3 is 0 Å². The third-order valence-electron chi connectivity index (χ3n) is 5.05. The van der Waals surface area contributed by atoms with E-state index in [-0.39, 0.29) is 12.5 Å². The molecule has 0 radical (unpaired) electrons. The Balaban J connectivity index is 1.58. The summed E-state index contributed by atoms with van der Waals surface area (Å²) in [7, 11) is 1.55. The van der Waals surface area contributed by atoms with Crippen LogP contribution in [0.4, 0.5) is 5.69 Å². The molecule has 0 bridgehead atoms. The molecule has 0 spiro atoms. The highest BCUT2D eigenvalue weighted by Gasteiger charge is 2.17. The Hall–Kier alpha value is -3.16. The van der Waals surface area contributed by atoms with Crippen molar-refractivity contribution in [2.75, 3.05) is 12.4 Å². The number of halogens is 2. The highest BCUT2D eigenvalue weighted by Crippen LogP contribution is 2.31. The number of carbonyl (C=O) groups is 1. The number of nitrogens with zero attached hydrogens (tertiary/aromatic N) is 3. The maximum absolute atomic E-state index is 12.9. The van der Waals surface area contributed by atoms with Crippen LogP contribution < -0.4 is 10.1 Å². The fraction of sp³-hybridized carbons (Fsp3) is 0.0870. The second kappa shape index (κ2) is 7.83. The van der Waals surface area contributed by atoms with Gasteiger partial charge in [0.25, 0.3) is 0 Å². The molecule has 5 rings (SSSR count). The van der Waals surface area contributed by atoms with Crippen LogP contribution >= 0.6 is 27.5 Å². The van der Waals surface area contributed by atoms with Crippen molar-refractivity contribution in [1.82, 2.24) is 14.5 Å². The maximum Gasteiger partial charge on any atom is 0.244 e. The van der Waals surface area contributed by atoms with E-state index in [2.05, 4.69) is 21.2 Å². The SMILES string of the molecule is COc1ccc(NC(=O)Cn2c3ccc(Br)cc3c3nc4ccccc4nc32)cc1Cl. The Morgan fingerprint density at radius 1 is 1.10 bits per heavy atom. The summed E-state index contributed by atoms with van der Waals surface area (Å²) < 4.78 is 7.99. The number of aromatic nitrogens is 3. The lowest BCUT2D eigenvalue weighted by Crippen LogP contribution is -2.19. The third-order valence-corrected chi connectivity index (χ3v) is 5.84. The van der Waals surface area contributed by atoms with E-state index < -0.39 is 0 Å². The average molecular weight is 496 g/mol. The zero-order chi connectivity index (χ0) is 21.5. The standard InChI is InChI=1S/C23H16BrClN4O2/c1-31-20-9-7-14(11-16(20)25)26-21(30)12-29-19-8-6-13(24)10-15(19)22-23(29)28-18-5-3-2-4-17(18)27-22/h2-11H,12H2,1H3,(H,26,30). The van der Waals surface area contributed by atoms with Crippen LogP contribution in [0, 0.1) is 0 Å². The number of para-hydroxylation sites is 2. The van der Waals surface area contributed by atoms with Crippen molar-refractivity contribution < 1.29 is 9.53 Å². The van der Waals surface area contributed by atoms with Gasteiger partial charge in [0.1, 0.15) is 17.8 Å². The Morgan fingerprint density at radius 3 is 2.61 bits per heavy atom. The lowest BCUT2D eigenvalue weighted by atomic mass is 10.2. The van der Waals surface area contributed by atoms with Gasteiger partial charge in [-0.25, -0.2) is 9.97 Å². The number of rotatable bonds is 4. The molecule has 0 saturated carbocycles. The van der Waals surface area contributed by atoms with Gasteiger partial charge in [-0.3, -0.25) is 4.79 Å². The Morgan fingerprint density at radius 2 is 1.87 bits per heavy atom. The molecule has 3 aromatic carbocycles. The molecule has 0 saturated heterocycles. The molecule has 154 valence electrons. The van der Waals surface area contributed by atoms with Crippen LogP contribution in [0.3, 0.4) is 0 Å². The third kappa shape index (κ3) is 3.60. The van der Waals surface area contributed by atoms with Gasteiger partial charge in [0.2, 0.25) is 5.91 Å². The summed E-state index contributed by atoms with van der Waals surface area (Å²) in [5.41, 5.74) is 4.49. The molecule has 5 aromatic rings. The molecule has 0 aliphatic heterocycles. The summed E-state index contributed by atoms with van der Waals surface area (Å²) in [6.45, 7) is 0.0816. The molecule has 1 amide bonds. The molecule has 0 atom stereocenters. The Bertz CT molecular complexity index is 1480. The van der Waals surface area contributed by atoms with Crippen molar-refractivity contribution in [3.8, 4) is 5.75 Å². The van der Waals surface area contributed by atoms with Gasteiger partial charge in [0.05, 0.1) is 28.7 Å². The summed E-state index contributed by atoms with van der Waals surface area (Å²) in [4.78, 5) is 22.5. The molecule has 6 nitrogen and oxygen atoms in total. The normalized spacial score (nSPS) is 11.3. The number of ether oxygens (including phenoxy) is 1.